The monoisotopic (exact) mass is 393 g/mol. The van der Waals surface area contributed by atoms with Gasteiger partial charge in [0, 0.05) is 24.1 Å². The van der Waals surface area contributed by atoms with Crippen LogP contribution in [0.3, 0.4) is 0 Å². The summed E-state index contributed by atoms with van der Waals surface area (Å²) in [7, 11) is 0. The Morgan fingerprint density at radius 2 is 1.75 bits per heavy atom. The second kappa shape index (κ2) is 9.90. The molecule has 0 saturated heterocycles. The first-order valence-corrected chi connectivity index (χ1v) is 10.3. The van der Waals surface area contributed by atoms with Gasteiger partial charge in [0.15, 0.2) is 0 Å². The van der Waals surface area contributed by atoms with Crippen molar-refractivity contribution in [2.24, 2.45) is 0 Å². The van der Waals surface area contributed by atoms with Crippen LogP contribution in [0, 0.1) is 6.92 Å². The zero-order valence-corrected chi connectivity index (χ0v) is 16.6. The molecule has 0 unspecified atom stereocenters. The molecule has 0 spiro atoms. The highest BCUT2D eigenvalue weighted by Crippen LogP contribution is 2.12. The number of rotatable bonds is 8. The molecule has 3 aromatic rings. The zero-order valence-electron chi connectivity index (χ0n) is 15.8. The predicted molar refractivity (Wildman–Crippen MR) is 114 cm³/mol. The molecule has 6 heteroatoms. The van der Waals surface area contributed by atoms with Gasteiger partial charge in [0.25, 0.3) is 11.5 Å². The number of aromatic nitrogens is 2. The fourth-order valence-electron chi connectivity index (χ4n) is 2.64. The normalized spacial score (nSPS) is 10.6. The summed E-state index contributed by atoms with van der Waals surface area (Å²) < 4.78 is 1.32. The van der Waals surface area contributed by atoms with Crippen molar-refractivity contribution in [1.82, 2.24) is 15.1 Å². The smallest absolute Gasteiger partial charge is 0.271 e. The number of nitrogens with one attached hydrogen (secondary N) is 1. The third-order valence-electron chi connectivity index (χ3n) is 4.20. The Bertz CT molecular complexity index is 969. The van der Waals surface area contributed by atoms with E-state index >= 15 is 0 Å². The van der Waals surface area contributed by atoms with Crippen molar-refractivity contribution >= 4 is 17.7 Å². The molecule has 0 saturated carbocycles. The Balaban J connectivity index is 1.49. The van der Waals surface area contributed by atoms with E-state index in [9.17, 15) is 9.59 Å². The van der Waals surface area contributed by atoms with Gasteiger partial charge < -0.3 is 5.32 Å². The van der Waals surface area contributed by atoms with Crippen LogP contribution in [0.25, 0.3) is 0 Å². The van der Waals surface area contributed by atoms with Gasteiger partial charge in [-0.3, -0.25) is 9.59 Å². The highest BCUT2D eigenvalue weighted by atomic mass is 32.2. The van der Waals surface area contributed by atoms with Crippen LogP contribution < -0.4 is 10.9 Å². The van der Waals surface area contributed by atoms with Crippen molar-refractivity contribution < 1.29 is 4.79 Å². The summed E-state index contributed by atoms with van der Waals surface area (Å²) in [5, 5.41) is 7.07. The van der Waals surface area contributed by atoms with E-state index in [0.717, 1.165) is 17.1 Å². The van der Waals surface area contributed by atoms with Crippen LogP contribution in [0.2, 0.25) is 0 Å². The summed E-state index contributed by atoms with van der Waals surface area (Å²) in [6.45, 7) is 2.96. The van der Waals surface area contributed by atoms with Crippen molar-refractivity contribution in [3.05, 3.63) is 99.5 Å². The number of amides is 1. The predicted octanol–water partition coefficient (Wildman–Crippen LogP) is 3.26. The number of hydrogen-bond donors (Lipinski definition) is 1. The maximum Gasteiger partial charge on any atom is 0.271 e. The van der Waals surface area contributed by atoms with Gasteiger partial charge in [-0.05, 0) is 24.1 Å². The van der Waals surface area contributed by atoms with Crippen LogP contribution >= 0.6 is 11.8 Å². The van der Waals surface area contributed by atoms with Gasteiger partial charge in [0.1, 0.15) is 5.69 Å². The molecule has 1 aromatic heterocycles. The van der Waals surface area contributed by atoms with Gasteiger partial charge in [-0.2, -0.15) is 16.9 Å². The van der Waals surface area contributed by atoms with Crippen LogP contribution in [-0.2, 0) is 12.3 Å². The number of nitrogens with zero attached hydrogens (tertiary/aromatic N) is 2. The van der Waals surface area contributed by atoms with Crippen LogP contribution in [0.1, 0.15) is 27.2 Å². The first-order valence-electron chi connectivity index (χ1n) is 9.15. The number of aryl methyl sites for hydroxylation is 1. The average molecular weight is 394 g/mol. The van der Waals surface area contributed by atoms with Gasteiger partial charge in [0.05, 0.1) is 6.54 Å². The fourth-order valence-corrected chi connectivity index (χ4v) is 3.46. The fraction of sp³-hybridized carbons (Fsp3) is 0.227. The SMILES string of the molecule is Cc1ccc(CSCCNC(=O)c2ccc(=O)n(Cc3ccccc3)n2)cc1. The molecule has 144 valence electrons. The topological polar surface area (TPSA) is 64.0 Å². The Kier molecular flexibility index (Phi) is 7.03. The molecule has 0 aliphatic heterocycles. The van der Waals surface area contributed by atoms with E-state index in [4.69, 9.17) is 0 Å². The quantitative estimate of drug-likeness (QED) is 0.597. The summed E-state index contributed by atoms with van der Waals surface area (Å²) in [6, 6.07) is 20.9. The number of benzene rings is 2. The minimum Gasteiger partial charge on any atom is -0.350 e. The highest BCUT2D eigenvalue weighted by Gasteiger charge is 2.09. The van der Waals surface area contributed by atoms with E-state index in [1.165, 1.54) is 27.9 Å². The van der Waals surface area contributed by atoms with Gasteiger partial charge in [-0.15, -0.1) is 0 Å². The molecule has 0 bridgehead atoms. The van der Waals surface area contributed by atoms with Crippen molar-refractivity contribution in [2.45, 2.75) is 19.2 Å². The van der Waals surface area contributed by atoms with E-state index < -0.39 is 0 Å². The molecule has 0 aliphatic rings. The van der Waals surface area contributed by atoms with E-state index in [0.29, 0.717) is 13.1 Å². The molecule has 0 aliphatic carbocycles. The Morgan fingerprint density at radius 3 is 2.50 bits per heavy atom. The minimum atomic E-state index is -0.266. The van der Waals surface area contributed by atoms with Gasteiger partial charge in [-0.1, -0.05) is 60.2 Å². The molecule has 1 heterocycles. The summed E-state index contributed by atoms with van der Waals surface area (Å²) in [4.78, 5) is 24.4. The summed E-state index contributed by atoms with van der Waals surface area (Å²) in [5.74, 6) is 1.46. The van der Waals surface area contributed by atoms with Gasteiger partial charge >= 0.3 is 0 Å². The maximum absolute atomic E-state index is 12.3. The lowest BCUT2D eigenvalue weighted by atomic mass is 10.2. The lowest BCUT2D eigenvalue weighted by Gasteiger charge is -2.08. The molecule has 0 atom stereocenters. The first kappa shape index (κ1) is 19.9. The number of hydrogen-bond acceptors (Lipinski definition) is 4. The van der Waals surface area contributed by atoms with Crippen molar-refractivity contribution in [2.75, 3.05) is 12.3 Å². The molecule has 28 heavy (non-hydrogen) atoms. The average Bonchev–Trinajstić information content (AvgIpc) is 2.71. The second-order valence-electron chi connectivity index (χ2n) is 6.49. The standard InChI is InChI=1S/C22H23N3O2S/c1-17-7-9-19(10-8-17)16-28-14-13-23-22(27)20-11-12-21(26)25(24-20)15-18-5-3-2-4-6-18/h2-12H,13-16H2,1H3,(H,23,27). The largest absolute Gasteiger partial charge is 0.350 e. The number of carbonyl (C=O) groups is 1. The van der Waals surface area contributed by atoms with Crippen molar-refractivity contribution in [3.63, 3.8) is 0 Å². The summed E-state index contributed by atoms with van der Waals surface area (Å²) in [6.07, 6.45) is 0. The molecular weight excluding hydrogens is 370 g/mol. The van der Waals surface area contributed by atoms with Crippen LogP contribution in [0.15, 0.2) is 71.5 Å². The molecule has 0 radical (unpaired) electrons. The van der Waals surface area contributed by atoms with E-state index in [-0.39, 0.29) is 17.2 Å². The summed E-state index contributed by atoms with van der Waals surface area (Å²) in [5.41, 5.74) is 3.51. The molecule has 3 rings (SSSR count). The lowest BCUT2D eigenvalue weighted by Crippen LogP contribution is -2.31. The molecule has 0 fully saturated rings. The maximum atomic E-state index is 12.3. The second-order valence-corrected chi connectivity index (χ2v) is 7.60. The van der Waals surface area contributed by atoms with E-state index in [1.54, 1.807) is 11.8 Å². The van der Waals surface area contributed by atoms with E-state index in [2.05, 4.69) is 41.6 Å². The molecule has 1 N–H and O–H groups in total. The van der Waals surface area contributed by atoms with Crippen molar-refractivity contribution in [3.8, 4) is 0 Å². The molecule has 5 nitrogen and oxygen atoms in total. The highest BCUT2D eigenvalue weighted by molar-refractivity contribution is 7.98. The number of carbonyl (C=O) groups excluding carboxylic acids is 1. The number of thioether (sulfide) groups is 1. The minimum absolute atomic E-state index is 0.228. The van der Waals surface area contributed by atoms with Crippen LogP contribution in [0.5, 0.6) is 0 Å². The third-order valence-corrected chi connectivity index (χ3v) is 5.23. The molecule has 2 aromatic carbocycles. The van der Waals surface area contributed by atoms with Gasteiger partial charge in [0.2, 0.25) is 0 Å². The Hall–Kier alpha value is -2.86. The van der Waals surface area contributed by atoms with Crippen molar-refractivity contribution in [1.29, 1.82) is 0 Å². The van der Waals surface area contributed by atoms with E-state index in [1.807, 2.05) is 30.3 Å². The zero-order chi connectivity index (χ0) is 19.8. The Labute approximate surface area is 168 Å². The lowest BCUT2D eigenvalue weighted by molar-refractivity contribution is 0.0948. The first-order chi connectivity index (χ1) is 13.6. The Morgan fingerprint density at radius 1 is 1.00 bits per heavy atom. The summed E-state index contributed by atoms with van der Waals surface area (Å²) >= 11 is 1.77. The molecular formula is C22H23N3O2S. The molecule has 1 amide bonds. The third kappa shape index (κ3) is 5.82. The van der Waals surface area contributed by atoms with Gasteiger partial charge in [-0.25, -0.2) is 4.68 Å². The van der Waals surface area contributed by atoms with Crippen LogP contribution in [-0.4, -0.2) is 28.0 Å². The van der Waals surface area contributed by atoms with Crippen LogP contribution in [0.4, 0.5) is 0 Å².